The van der Waals surface area contributed by atoms with Crippen molar-refractivity contribution < 1.29 is 9.53 Å². The second-order valence-electron chi connectivity index (χ2n) is 8.72. The summed E-state index contributed by atoms with van der Waals surface area (Å²) in [6.07, 6.45) is 1.77. The first-order chi connectivity index (χ1) is 14.0. The largest absolute Gasteiger partial charge is 0.376 e. The van der Waals surface area contributed by atoms with Crippen LogP contribution < -0.4 is 5.56 Å². The fraction of sp³-hybridized carbons (Fsp3) is 0.571. The first-order valence-corrected chi connectivity index (χ1v) is 10.3. The average Bonchev–Trinajstić information content (AvgIpc) is 3.14. The van der Waals surface area contributed by atoms with Crippen molar-refractivity contribution in [3.63, 3.8) is 0 Å². The quantitative estimate of drug-likeness (QED) is 0.836. The Balaban J connectivity index is 1.49. The number of piperidine rings is 1. The number of amides is 1. The number of pyridine rings is 1. The molecule has 0 aromatic carbocycles. The first kappa shape index (κ1) is 18.6. The molecular weight excluding hydrogens is 370 g/mol. The highest BCUT2D eigenvalue weighted by Gasteiger charge is 2.42. The van der Waals surface area contributed by atoms with Gasteiger partial charge in [0.25, 0.3) is 11.5 Å². The Labute approximate surface area is 169 Å². The summed E-state index contributed by atoms with van der Waals surface area (Å²) in [4.78, 5) is 30.1. The van der Waals surface area contributed by atoms with Gasteiger partial charge in [-0.05, 0) is 32.5 Å². The molecule has 0 aliphatic carbocycles. The van der Waals surface area contributed by atoms with Crippen LogP contribution in [0.3, 0.4) is 0 Å². The highest BCUT2D eigenvalue weighted by molar-refractivity contribution is 5.94. The summed E-state index contributed by atoms with van der Waals surface area (Å²) in [6.45, 7) is 3.15. The molecule has 3 aliphatic rings. The van der Waals surface area contributed by atoms with Crippen LogP contribution in [0.15, 0.2) is 23.0 Å². The third kappa shape index (κ3) is 3.11. The van der Waals surface area contributed by atoms with Crippen molar-refractivity contribution in [1.82, 2.24) is 24.6 Å². The number of carbonyl (C=O) groups is 1. The summed E-state index contributed by atoms with van der Waals surface area (Å²) in [5.41, 5.74) is 3.51. The summed E-state index contributed by atoms with van der Waals surface area (Å²) < 4.78 is 7.53. The molecule has 1 saturated heterocycles. The lowest BCUT2D eigenvalue weighted by atomic mass is 9.78. The minimum absolute atomic E-state index is 0.0296. The van der Waals surface area contributed by atoms with Crippen LogP contribution in [0.1, 0.15) is 45.8 Å². The van der Waals surface area contributed by atoms with E-state index in [4.69, 9.17) is 4.74 Å². The van der Waals surface area contributed by atoms with Gasteiger partial charge in [-0.3, -0.25) is 14.7 Å². The second kappa shape index (κ2) is 7.11. The molecule has 1 amide bonds. The van der Waals surface area contributed by atoms with Crippen LogP contribution in [0, 0.1) is 5.92 Å². The molecule has 3 atom stereocenters. The maximum atomic E-state index is 13.4. The molecule has 0 spiro atoms. The van der Waals surface area contributed by atoms with E-state index in [0.717, 1.165) is 36.3 Å². The molecule has 154 valence electrons. The van der Waals surface area contributed by atoms with Crippen molar-refractivity contribution in [2.45, 2.75) is 31.4 Å². The predicted molar refractivity (Wildman–Crippen MR) is 107 cm³/mol. The number of nitrogens with zero attached hydrogens (tertiary/aromatic N) is 4. The van der Waals surface area contributed by atoms with E-state index in [-0.39, 0.29) is 29.3 Å². The van der Waals surface area contributed by atoms with Crippen molar-refractivity contribution in [2.75, 3.05) is 40.3 Å². The van der Waals surface area contributed by atoms with Gasteiger partial charge in [-0.2, -0.15) is 5.10 Å². The van der Waals surface area contributed by atoms with Crippen molar-refractivity contribution >= 4 is 5.91 Å². The predicted octanol–water partition coefficient (Wildman–Crippen LogP) is 1.01. The van der Waals surface area contributed by atoms with Gasteiger partial charge < -0.3 is 19.1 Å². The van der Waals surface area contributed by atoms with Gasteiger partial charge in [0.15, 0.2) is 5.69 Å². The molecule has 1 fully saturated rings. The van der Waals surface area contributed by atoms with Crippen LogP contribution in [0.2, 0.25) is 0 Å². The lowest BCUT2D eigenvalue weighted by Gasteiger charge is -2.47. The zero-order chi connectivity index (χ0) is 20.1. The SMILES string of the molecule is CN(C)C[C@H]1[C@H]2C[C@H](CN(C(=O)c3n[nH]c4c3COCC4)C2)c2cccc(=O)n21. The van der Waals surface area contributed by atoms with Gasteiger partial charge in [0.1, 0.15) is 0 Å². The molecule has 2 bridgehead atoms. The molecule has 5 rings (SSSR count). The Bertz CT molecular complexity index is 994. The topological polar surface area (TPSA) is 83.5 Å². The third-order valence-corrected chi connectivity index (χ3v) is 6.54. The van der Waals surface area contributed by atoms with Gasteiger partial charge >= 0.3 is 0 Å². The number of H-pyrrole nitrogens is 1. The molecule has 0 radical (unpaired) electrons. The molecular formula is C21H27N5O3. The van der Waals surface area contributed by atoms with Gasteiger partial charge in [-0.15, -0.1) is 0 Å². The second-order valence-corrected chi connectivity index (χ2v) is 8.72. The average molecular weight is 397 g/mol. The molecule has 3 aliphatic heterocycles. The maximum Gasteiger partial charge on any atom is 0.274 e. The van der Waals surface area contributed by atoms with Gasteiger partial charge in [-0.1, -0.05) is 6.07 Å². The number of likely N-dealkylation sites (N-methyl/N-ethyl adjacent to an activating group) is 1. The Morgan fingerprint density at radius 2 is 2.21 bits per heavy atom. The standard InChI is InChI=1S/C21H27N5O3/c1-24(2)11-18-14-8-13(17-4-3-5-19(27)26(17)18)9-25(10-14)21(28)20-15-12-29-7-6-16(15)22-23-20/h3-5,13-14,18H,6-12H2,1-2H3,(H,22,23)/t13-,14+,18+/m1/s1. The van der Waals surface area contributed by atoms with Crippen LogP contribution in [-0.4, -0.2) is 70.8 Å². The Hall–Kier alpha value is -2.45. The number of hydrogen-bond acceptors (Lipinski definition) is 5. The molecule has 8 nitrogen and oxygen atoms in total. The lowest BCUT2D eigenvalue weighted by molar-refractivity contribution is 0.0486. The van der Waals surface area contributed by atoms with E-state index in [2.05, 4.69) is 15.1 Å². The molecule has 8 heteroatoms. The Kier molecular flexibility index (Phi) is 4.55. The van der Waals surface area contributed by atoms with E-state index in [1.165, 1.54) is 0 Å². The highest BCUT2D eigenvalue weighted by Crippen LogP contribution is 2.41. The summed E-state index contributed by atoms with van der Waals surface area (Å²) in [7, 11) is 4.06. The van der Waals surface area contributed by atoms with E-state index in [1.54, 1.807) is 6.07 Å². The molecule has 29 heavy (non-hydrogen) atoms. The van der Waals surface area contributed by atoms with Gasteiger partial charge in [0.2, 0.25) is 0 Å². The summed E-state index contributed by atoms with van der Waals surface area (Å²) in [6, 6.07) is 5.59. The summed E-state index contributed by atoms with van der Waals surface area (Å²) in [5.74, 6) is 0.396. The molecule has 0 unspecified atom stereocenters. The zero-order valence-corrected chi connectivity index (χ0v) is 16.9. The smallest absolute Gasteiger partial charge is 0.274 e. The van der Waals surface area contributed by atoms with E-state index in [9.17, 15) is 9.59 Å². The normalized spacial score (nSPS) is 25.6. The van der Waals surface area contributed by atoms with Crippen LogP contribution in [0.4, 0.5) is 0 Å². The van der Waals surface area contributed by atoms with E-state index in [0.29, 0.717) is 32.0 Å². The maximum absolute atomic E-state index is 13.4. The van der Waals surface area contributed by atoms with Crippen LogP contribution in [-0.2, 0) is 17.8 Å². The minimum Gasteiger partial charge on any atom is -0.376 e. The lowest BCUT2D eigenvalue weighted by Crippen LogP contribution is -2.53. The number of carbonyl (C=O) groups excluding carboxylic acids is 1. The van der Waals surface area contributed by atoms with Gasteiger partial charge in [0, 0.05) is 55.0 Å². The first-order valence-electron chi connectivity index (χ1n) is 10.3. The third-order valence-electron chi connectivity index (χ3n) is 6.54. The number of nitrogens with one attached hydrogen (secondary N) is 1. The van der Waals surface area contributed by atoms with E-state index < -0.39 is 0 Å². The van der Waals surface area contributed by atoms with Crippen LogP contribution >= 0.6 is 0 Å². The number of ether oxygens (including phenoxy) is 1. The number of rotatable bonds is 3. The minimum atomic E-state index is -0.0296. The molecule has 2 aromatic rings. The van der Waals surface area contributed by atoms with Crippen molar-refractivity contribution in [3.05, 3.63) is 51.2 Å². The van der Waals surface area contributed by atoms with Crippen molar-refractivity contribution in [1.29, 1.82) is 0 Å². The Morgan fingerprint density at radius 3 is 3.03 bits per heavy atom. The Morgan fingerprint density at radius 1 is 1.34 bits per heavy atom. The van der Waals surface area contributed by atoms with Crippen molar-refractivity contribution in [2.24, 2.45) is 5.92 Å². The summed E-state index contributed by atoms with van der Waals surface area (Å²) in [5, 5.41) is 7.36. The zero-order valence-electron chi connectivity index (χ0n) is 16.9. The monoisotopic (exact) mass is 397 g/mol. The van der Waals surface area contributed by atoms with Gasteiger partial charge in [0.05, 0.1) is 19.3 Å². The van der Waals surface area contributed by atoms with Crippen LogP contribution in [0.25, 0.3) is 0 Å². The molecule has 2 aromatic heterocycles. The van der Waals surface area contributed by atoms with E-state index in [1.807, 2.05) is 35.7 Å². The summed E-state index contributed by atoms with van der Waals surface area (Å²) >= 11 is 0. The molecule has 0 saturated carbocycles. The number of aromatic amines is 1. The molecule has 5 heterocycles. The molecule has 1 N–H and O–H groups in total. The fourth-order valence-corrected chi connectivity index (χ4v) is 5.26. The number of aromatic nitrogens is 3. The van der Waals surface area contributed by atoms with E-state index >= 15 is 0 Å². The van der Waals surface area contributed by atoms with Crippen LogP contribution in [0.5, 0.6) is 0 Å². The fourth-order valence-electron chi connectivity index (χ4n) is 5.26. The number of fused-ring (bicyclic) bond motifs is 5. The highest BCUT2D eigenvalue weighted by atomic mass is 16.5. The number of likely N-dealkylation sites (tertiary alicyclic amines) is 1. The number of hydrogen-bond donors (Lipinski definition) is 1. The van der Waals surface area contributed by atoms with Gasteiger partial charge in [-0.25, -0.2) is 0 Å². The van der Waals surface area contributed by atoms with Crippen molar-refractivity contribution in [3.8, 4) is 0 Å².